The monoisotopic (exact) mass is 429 g/mol. The summed E-state index contributed by atoms with van der Waals surface area (Å²) in [6.45, 7) is 1.80. The van der Waals surface area contributed by atoms with E-state index in [2.05, 4.69) is 63.8 Å². The van der Waals surface area contributed by atoms with Crippen molar-refractivity contribution < 1.29 is 9.13 Å². The molecule has 2 aromatic heterocycles. The minimum atomic E-state index is -0.236. The third-order valence-electron chi connectivity index (χ3n) is 5.74. The molecule has 0 radical (unpaired) electrons. The number of pyridine rings is 1. The highest BCUT2D eigenvalue weighted by molar-refractivity contribution is 6.00. The molecule has 1 aliphatic heterocycles. The molecule has 4 aromatic rings. The number of anilines is 1. The van der Waals surface area contributed by atoms with Crippen molar-refractivity contribution in [2.24, 2.45) is 0 Å². The van der Waals surface area contributed by atoms with Crippen LogP contribution in [-0.4, -0.2) is 40.8 Å². The van der Waals surface area contributed by atoms with Crippen molar-refractivity contribution in [3.8, 4) is 16.9 Å². The van der Waals surface area contributed by atoms with Crippen LogP contribution < -0.4 is 10.1 Å². The highest BCUT2D eigenvalue weighted by Gasteiger charge is 2.20. The van der Waals surface area contributed by atoms with E-state index >= 15 is 0 Å². The second-order valence-corrected chi connectivity index (χ2v) is 8.23. The molecule has 0 saturated carbocycles. The molecule has 0 fully saturated rings. The van der Waals surface area contributed by atoms with Gasteiger partial charge < -0.3 is 15.0 Å². The van der Waals surface area contributed by atoms with Gasteiger partial charge in [0.25, 0.3) is 0 Å². The average Bonchev–Trinajstić information content (AvgIpc) is 3.27. The summed E-state index contributed by atoms with van der Waals surface area (Å²) in [5, 5.41) is 13.2. The summed E-state index contributed by atoms with van der Waals surface area (Å²) >= 11 is 0. The lowest BCUT2D eigenvalue weighted by atomic mass is 10.0. The van der Waals surface area contributed by atoms with Crippen molar-refractivity contribution in [2.45, 2.75) is 19.5 Å². The van der Waals surface area contributed by atoms with Crippen LogP contribution in [0.3, 0.4) is 0 Å². The normalized spacial score (nSPS) is 12.8. The summed E-state index contributed by atoms with van der Waals surface area (Å²) in [5.74, 6) is 1.18. The van der Waals surface area contributed by atoms with Gasteiger partial charge in [-0.3, -0.25) is 0 Å². The molecule has 1 N–H and O–H groups in total. The number of nitrogens with one attached hydrogen (secondary N) is 1. The second kappa shape index (κ2) is 8.51. The lowest BCUT2D eigenvalue weighted by Crippen LogP contribution is -2.10. The third-order valence-corrected chi connectivity index (χ3v) is 5.74. The van der Waals surface area contributed by atoms with Gasteiger partial charge in [0, 0.05) is 53.2 Å². The van der Waals surface area contributed by atoms with E-state index in [1.165, 1.54) is 11.6 Å². The predicted molar refractivity (Wildman–Crippen MR) is 123 cm³/mol. The van der Waals surface area contributed by atoms with Crippen molar-refractivity contribution >= 4 is 16.6 Å². The Bertz CT molecular complexity index is 1270. The van der Waals surface area contributed by atoms with Crippen LogP contribution in [0.15, 0.2) is 55.0 Å². The van der Waals surface area contributed by atoms with Gasteiger partial charge in [0.05, 0.1) is 19.0 Å². The molecule has 162 valence electrons. The fourth-order valence-electron chi connectivity index (χ4n) is 4.20. The fourth-order valence-corrected chi connectivity index (χ4v) is 4.20. The van der Waals surface area contributed by atoms with Gasteiger partial charge in [0.2, 0.25) is 0 Å². The van der Waals surface area contributed by atoms with E-state index < -0.39 is 0 Å². The summed E-state index contributed by atoms with van der Waals surface area (Å²) in [6.07, 6.45) is 6.00. The van der Waals surface area contributed by atoms with E-state index in [0.717, 1.165) is 39.8 Å². The van der Waals surface area contributed by atoms with Crippen LogP contribution in [0.25, 0.3) is 21.9 Å². The van der Waals surface area contributed by atoms with E-state index in [9.17, 15) is 4.39 Å². The minimum absolute atomic E-state index is 0.236. The Kier molecular flexibility index (Phi) is 5.41. The Morgan fingerprint density at radius 1 is 1.00 bits per heavy atom. The standard InChI is InChI=1S/C25H24FN5O/c1-31(2)15-16-3-5-17(6-4-16)19-11-27-25(22-14-30-29-13-20(19)22)28-12-21-18-9-10-32-24(18)8-7-23(21)26/h3-8,11,13-14H,9-10,12,15H2,1-2H3,(H,27,28). The lowest BCUT2D eigenvalue weighted by molar-refractivity contribution is 0.356. The Hall–Kier alpha value is -3.58. The molecule has 0 aliphatic carbocycles. The van der Waals surface area contributed by atoms with Crippen LogP contribution in [0.2, 0.25) is 0 Å². The van der Waals surface area contributed by atoms with Crippen LogP contribution in [0.1, 0.15) is 16.7 Å². The fraction of sp³-hybridized carbons (Fsp3) is 0.240. The number of hydrogen-bond donors (Lipinski definition) is 1. The van der Waals surface area contributed by atoms with Crippen LogP contribution in [0.5, 0.6) is 5.75 Å². The topological polar surface area (TPSA) is 63.2 Å². The molecule has 5 rings (SSSR count). The van der Waals surface area contributed by atoms with Gasteiger partial charge in [-0.1, -0.05) is 24.3 Å². The third kappa shape index (κ3) is 3.87. The van der Waals surface area contributed by atoms with Gasteiger partial charge in [0.15, 0.2) is 0 Å². The van der Waals surface area contributed by atoms with Gasteiger partial charge in [-0.25, -0.2) is 9.37 Å². The molecule has 32 heavy (non-hydrogen) atoms. The van der Waals surface area contributed by atoms with E-state index in [-0.39, 0.29) is 5.82 Å². The van der Waals surface area contributed by atoms with Crippen molar-refractivity contribution in [3.05, 3.63) is 77.5 Å². The Balaban J connectivity index is 1.46. The molecule has 6 nitrogen and oxygen atoms in total. The largest absolute Gasteiger partial charge is 0.493 e. The molecule has 0 unspecified atom stereocenters. The number of hydrogen-bond acceptors (Lipinski definition) is 6. The molecule has 0 atom stereocenters. The molecule has 0 amide bonds. The summed E-state index contributed by atoms with van der Waals surface area (Å²) in [7, 11) is 4.11. The van der Waals surface area contributed by atoms with E-state index in [1.54, 1.807) is 18.5 Å². The SMILES string of the molecule is CN(C)Cc1ccc(-c2cnc(NCc3c(F)ccc4c3CCO4)c3cnncc23)cc1. The first-order chi connectivity index (χ1) is 15.6. The number of aromatic nitrogens is 3. The molecule has 0 saturated heterocycles. The quantitative estimate of drug-likeness (QED) is 0.489. The second-order valence-electron chi connectivity index (χ2n) is 8.23. The van der Waals surface area contributed by atoms with Crippen molar-refractivity contribution in [2.75, 3.05) is 26.0 Å². The maximum Gasteiger partial charge on any atom is 0.135 e. The zero-order valence-corrected chi connectivity index (χ0v) is 18.1. The lowest BCUT2D eigenvalue weighted by Gasteiger charge is -2.14. The van der Waals surface area contributed by atoms with Crippen LogP contribution in [0, 0.1) is 5.82 Å². The first-order valence-electron chi connectivity index (χ1n) is 10.6. The number of ether oxygens (including phenoxy) is 1. The average molecular weight is 429 g/mol. The van der Waals surface area contributed by atoms with E-state index in [1.807, 2.05) is 6.20 Å². The summed E-state index contributed by atoms with van der Waals surface area (Å²) in [5.41, 5.74) is 4.84. The van der Waals surface area contributed by atoms with E-state index in [4.69, 9.17) is 4.74 Å². The van der Waals surface area contributed by atoms with Crippen molar-refractivity contribution in [1.29, 1.82) is 0 Å². The van der Waals surface area contributed by atoms with Crippen LogP contribution >= 0.6 is 0 Å². The van der Waals surface area contributed by atoms with Crippen LogP contribution in [-0.2, 0) is 19.5 Å². The van der Waals surface area contributed by atoms with Gasteiger partial charge in [-0.05, 0) is 37.4 Å². The maximum atomic E-state index is 14.5. The van der Waals surface area contributed by atoms with Gasteiger partial charge in [-0.2, -0.15) is 10.2 Å². The smallest absolute Gasteiger partial charge is 0.135 e. The summed E-state index contributed by atoms with van der Waals surface area (Å²) in [4.78, 5) is 6.79. The number of fused-ring (bicyclic) bond motifs is 2. The number of rotatable bonds is 6. The molecular weight excluding hydrogens is 405 g/mol. The summed E-state index contributed by atoms with van der Waals surface area (Å²) < 4.78 is 20.1. The zero-order valence-electron chi connectivity index (χ0n) is 18.1. The van der Waals surface area contributed by atoms with Crippen molar-refractivity contribution in [3.63, 3.8) is 0 Å². The summed E-state index contributed by atoms with van der Waals surface area (Å²) in [6, 6.07) is 11.6. The number of halogens is 1. The molecule has 3 heterocycles. The highest BCUT2D eigenvalue weighted by Crippen LogP contribution is 2.33. The van der Waals surface area contributed by atoms with Gasteiger partial charge >= 0.3 is 0 Å². The first kappa shape index (κ1) is 20.3. The number of nitrogens with zero attached hydrogens (tertiary/aromatic N) is 4. The Morgan fingerprint density at radius 3 is 2.56 bits per heavy atom. The molecular formula is C25H24FN5O. The molecule has 0 bridgehead atoms. The molecule has 2 aromatic carbocycles. The molecule has 7 heteroatoms. The number of benzene rings is 2. The minimum Gasteiger partial charge on any atom is -0.493 e. The first-order valence-corrected chi connectivity index (χ1v) is 10.6. The Morgan fingerprint density at radius 2 is 1.78 bits per heavy atom. The van der Waals surface area contributed by atoms with Gasteiger partial charge in [-0.15, -0.1) is 0 Å². The zero-order chi connectivity index (χ0) is 22.1. The molecule has 0 spiro atoms. The van der Waals surface area contributed by atoms with E-state index in [0.29, 0.717) is 31.0 Å². The predicted octanol–water partition coefficient (Wildman–Crippen LogP) is 4.44. The Labute approximate surface area is 186 Å². The maximum absolute atomic E-state index is 14.5. The van der Waals surface area contributed by atoms with Crippen LogP contribution in [0.4, 0.5) is 10.2 Å². The molecule has 1 aliphatic rings. The highest BCUT2D eigenvalue weighted by atomic mass is 19.1. The van der Waals surface area contributed by atoms with Crippen molar-refractivity contribution in [1.82, 2.24) is 20.1 Å². The van der Waals surface area contributed by atoms with Gasteiger partial charge in [0.1, 0.15) is 17.4 Å².